The molecule has 100 valence electrons. The van der Waals surface area contributed by atoms with Gasteiger partial charge in [0.2, 0.25) is 0 Å². The average molecular weight is 258 g/mol. The maximum absolute atomic E-state index is 12.2. The number of benzene rings is 1. The molecule has 2 aliphatic rings. The van der Waals surface area contributed by atoms with Gasteiger partial charge in [0.1, 0.15) is 0 Å². The second-order valence-electron chi connectivity index (χ2n) is 5.26. The summed E-state index contributed by atoms with van der Waals surface area (Å²) in [6.45, 7) is 2.40. The second kappa shape index (κ2) is 5.13. The third-order valence-electron chi connectivity index (χ3n) is 3.92. The van der Waals surface area contributed by atoms with Crippen molar-refractivity contribution in [3.8, 4) is 0 Å². The molecule has 0 aliphatic carbocycles. The van der Waals surface area contributed by atoms with Crippen molar-refractivity contribution in [1.82, 2.24) is 9.80 Å². The van der Waals surface area contributed by atoms with Crippen molar-refractivity contribution in [1.29, 1.82) is 0 Å². The predicted octanol–water partition coefficient (Wildman–Crippen LogP) is 2.12. The molecule has 0 spiro atoms. The van der Waals surface area contributed by atoms with Crippen molar-refractivity contribution in [3.63, 3.8) is 0 Å². The Balaban J connectivity index is 1.76. The lowest BCUT2D eigenvalue weighted by molar-refractivity contribution is 0.0544. The highest BCUT2D eigenvalue weighted by molar-refractivity contribution is 6.21. The van der Waals surface area contributed by atoms with E-state index in [4.69, 9.17) is 0 Å². The summed E-state index contributed by atoms with van der Waals surface area (Å²) in [5.74, 6) is -0.297. The highest BCUT2D eigenvalue weighted by Gasteiger charge is 2.35. The molecule has 0 saturated carbocycles. The van der Waals surface area contributed by atoms with Crippen LogP contribution in [0.4, 0.5) is 0 Å². The number of amides is 2. The predicted molar refractivity (Wildman–Crippen MR) is 71.9 cm³/mol. The fraction of sp³-hybridized carbons (Fsp3) is 0.467. The molecule has 0 aromatic heterocycles. The van der Waals surface area contributed by atoms with Gasteiger partial charge in [-0.3, -0.25) is 19.4 Å². The van der Waals surface area contributed by atoms with E-state index in [1.165, 1.54) is 17.7 Å². The lowest BCUT2D eigenvalue weighted by atomic mass is 10.1. The number of carbonyl (C=O) groups is 2. The third kappa shape index (κ3) is 2.28. The summed E-state index contributed by atoms with van der Waals surface area (Å²) < 4.78 is 0. The van der Waals surface area contributed by atoms with Gasteiger partial charge in [-0.1, -0.05) is 25.0 Å². The molecular formula is C15H18N2O2. The second-order valence-corrected chi connectivity index (χ2v) is 5.26. The molecule has 0 unspecified atom stereocenters. The van der Waals surface area contributed by atoms with Crippen molar-refractivity contribution in [2.45, 2.75) is 25.7 Å². The summed E-state index contributed by atoms with van der Waals surface area (Å²) in [4.78, 5) is 28.1. The Bertz CT molecular complexity index is 470. The SMILES string of the molecule is O=C1c2ccccc2C(=O)N1CN1CCCCCC1. The molecule has 3 rings (SSSR count). The van der Waals surface area contributed by atoms with Crippen LogP contribution in [-0.2, 0) is 0 Å². The van der Waals surface area contributed by atoms with Gasteiger partial charge in [-0.15, -0.1) is 0 Å². The molecule has 1 saturated heterocycles. The Hall–Kier alpha value is -1.68. The van der Waals surface area contributed by atoms with Gasteiger partial charge < -0.3 is 0 Å². The molecular weight excluding hydrogens is 240 g/mol. The Labute approximate surface area is 113 Å². The first-order valence-corrected chi connectivity index (χ1v) is 6.95. The van der Waals surface area contributed by atoms with Crippen molar-refractivity contribution in [3.05, 3.63) is 35.4 Å². The van der Waals surface area contributed by atoms with E-state index >= 15 is 0 Å². The molecule has 0 bridgehead atoms. The van der Waals surface area contributed by atoms with Gasteiger partial charge >= 0.3 is 0 Å². The first-order chi connectivity index (χ1) is 9.27. The van der Waals surface area contributed by atoms with E-state index in [1.54, 1.807) is 24.3 Å². The average Bonchev–Trinajstić information content (AvgIpc) is 2.65. The van der Waals surface area contributed by atoms with Crippen LogP contribution in [0, 0.1) is 0 Å². The quantitative estimate of drug-likeness (QED) is 0.763. The lowest BCUT2D eigenvalue weighted by Gasteiger charge is -2.25. The van der Waals surface area contributed by atoms with Crippen LogP contribution in [0.2, 0.25) is 0 Å². The van der Waals surface area contributed by atoms with Crippen molar-refractivity contribution in [2.24, 2.45) is 0 Å². The van der Waals surface area contributed by atoms with Gasteiger partial charge in [0, 0.05) is 0 Å². The molecule has 1 fully saturated rings. The zero-order chi connectivity index (χ0) is 13.2. The molecule has 2 heterocycles. The molecule has 4 nitrogen and oxygen atoms in total. The van der Waals surface area contributed by atoms with Gasteiger partial charge in [-0.25, -0.2) is 0 Å². The van der Waals surface area contributed by atoms with E-state index in [0.29, 0.717) is 17.8 Å². The number of likely N-dealkylation sites (tertiary alicyclic amines) is 1. The molecule has 19 heavy (non-hydrogen) atoms. The summed E-state index contributed by atoms with van der Waals surface area (Å²) in [6.07, 6.45) is 4.81. The first kappa shape index (κ1) is 12.4. The zero-order valence-corrected chi connectivity index (χ0v) is 11.0. The Morgan fingerprint density at radius 2 is 1.37 bits per heavy atom. The number of hydrogen-bond donors (Lipinski definition) is 0. The summed E-state index contributed by atoms with van der Waals surface area (Å²) in [7, 11) is 0. The van der Waals surface area contributed by atoms with Crippen LogP contribution in [0.5, 0.6) is 0 Å². The van der Waals surface area contributed by atoms with Gasteiger partial charge in [-0.05, 0) is 38.1 Å². The Morgan fingerprint density at radius 3 is 1.89 bits per heavy atom. The Morgan fingerprint density at radius 1 is 0.842 bits per heavy atom. The van der Waals surface area contributed by atoms with Crippen LogP contribution in [0.1, 0.15) is 46.4 Å². The normalized spacial score (nSPS) is 20.5. The van der Waals surface area contributed by atoms with Gasteiger partial charge in [0.15, 0.2) is 0 Å². The molecule has 4 heteroatoms. The molecule has 0 N–H and O–H groups in total. The molecule has 0 atom stereocenters. The van der Waals surface area contributed by atoms with Gasteiger partial charge in [0.25, 0.3) is 11.8 Å². The van der Waals surface area contributed by atoms with E-state index in [0.717, 1.165) is 25.9 Å². The molecule has 2 aliphatic heterocycles. The smallest absolute Gasteiger partial charge is 0.262 e. The number of rotatable bonds is 2. The lowest BCUT2D eigenvalue weighted by Crippen LogP contribution is -2.41. The maximum Gasteiger partial charge on any atom is 0.262 e. The van der Waals surface area contributed by atoms with Crippen LogP contribution in [-0.4, -0.2) is 41.4 Å². The summed E-state index contributed by atoms with van der Waals surface area (Å²) in [5, 5.41) is 0. The zero-order valence-electron chi connectivity index (χ0n) is 11.0. The number of imide groups is 1. The molecule has 1 aromatic carbocycles. The van der Waals surface area contributed by atoms with Crippen LogP contribution in [0.25, 0.3) is 0 Å². The highest BCUT2D eigenvalue weighted by Crippen LogP contribution is 2.23. The topological polar surface area (TPSA) is 40.6 Å². The summed E-state index contributed by atoms with van der Waals surface area (Å²) in [6, 6.07) is 7.08. The number of fused-ring (bicyclic) bond motifs is 1. The number of hydrogen-bond acceptors (Lipinski definition) is 3. The van der Waals surface area contributed by atoms with E-state index < -0.39 is 0 Å². The molecule has 1 aromatic rings. The first-order valence-electron chi connectivity index (χ1n) is 6.95. The van der Waals surface area contributed by atoms with E-state index in [9.17, 15) is 9.59 Å². The van der Waals surface area contributed by atoms with Crippen LogP contribution in [0.15, 0.2) is 24.3 Å². The number of carbonyl (C=O) groups excluding carboxylic acids is 2. The van der Waals surface area contributed by atoms with E-state index in [-0.39, 0.29) is 11.8 Å². The minimum Gasteiger partial charge on any atom is -0.286 e. The Kier molecular flexibility index (Phi) is 3.34. The van der Waals surface area contributed by atoms with Crippen molar-refractivity contribution >= 4 is 11.8 Å². The fourth-order valence-electron chi connectivity index (χ4n) is 2.85. The maximum atomic E-state index is 12.2. The third-order valence-corrected chi connectivity index (χ3v) is 3.92. The summed E-state index contributed by atoms with van der Waals surface area (Å²) >= 11 is 0. The van der Waals surface area contributed by atoms with Crippen LogP contribution < -0.4 is 0 Å². The fourth-order valence-corrected chi connectivity index (χ4v) is 2.85. The molecule has 0 radical (unpaired) electrons. The van der Waals surface area contributed by atoms with Crippen LogP contribution in [0.3, 0.4) is 0 Å². The molecule has 2 amide bonds. The minimum atomic E-state index is -0.148. The van der Waals surface area contributed by atoms with Gasteiger partial charge in [0.05, 0.1) is 17.8 Å². The van der Waals surface area contributed by atoms with Crippen molar-refractivity contribution in [2.75, 3.05) is 19.8 Å². The van der Waals surface area contributed by atoms with Crippen molar-refractivity contribution < 1.29 is 9.59 Å². The van der Waals surface area contributed by atoms with Crippen LogP contribution >= 0.6 is 0 Å². The van der Waals surface area contributed by atoms with E-state index in [2.05, 4.69) is 4.90 Å². The standard InChI is InChI=1S/C15H18N2O2/c18-14-12-7-3-4-8-13(12)15(19)17(14)11-16-9-5-1-2-6-10-16/h3-4,7-8H,1-2,5-6,9-11H2. The monoisotopic (exact) mass is 258 g/mol. The number of nitrogens with zero attached hydrogens (tertiary/aromatic N) is 2. The summed E-state index contributed by atoms with van der Waals surface area (Å²) in [5.41, 5.74) is 1.09. The van der Waals surface area contributed by atoms with E-state index in [1.807, 2.05) is 0 Å². The largest absolute Gasteiger partial charge is 0.286 e. The highest BCUT2D eigenvalue weighted by atomic mass is 16.2. The van der Waals surface area contributed by atoms with Gasteiger partial charge in [-0.2, -0.15) is 0 Å². The minimum absolute atomic E-state index is 0.148.